The highest BCUT2D eigenvalue weighted by molar-refractivity contribution is 9.10. The molecule has 1 aromatic rings. The number of Topliss-reactive ketones (excluding diaryl/α,β-unsaturated/α-hetero) is 1. The van der Waals surface area contributed by atoms with Crippen LogP contribution in [0.25, 0.3) is 0 Å². The summed E-state index contributed by atoms with van der Waals surface area (Å²) < 4.78 is 0.980. The van der Waals surface area contributed by atoms with Crippen molar-refractivity contribution in [1.82, 2.24) is 4.98 Å². The van der Waals surface area contributed by atoms with Gasteiger partial charge in [0.25, 0.3) is 0 Å². The van der Waals surface area contributed by atoms with Crippen LogP contribution in [-0.4, -0.2) is 10.8 Å². The van der Waals surface area contributed by atoms with Gasteiger partial charge in [0, 0.05) is 28.2 Å². The first-order chi connectivity index (χ1) is 6.62. The zero-order valence-electron chi connectivity index (χ0n) is 8.09. The largest absolute Gasteiger partial charge is 0.299 e. The van der Waals surface area contributed by atoms with Gasteiger partial charge in [-0.3, -0.25) is 9.78 Å². The van der Waals surface area contributed by atoms with E-state index in [0.29, 0.717) is 5.78 Å². The molecule has 0 bridgehead atoms. The second-order valence-electron chi connectivity index (χ2n) is 3.98. The van der Waals surface area contributed by atoms with E-state index in [9.17, 15) is 4.79 Å². The zero-order valence-corrected chi connectivity index (χ0v) is 9.67. The van der Waals surface area contributed by atoms with E-state index in [-0.39, 0.29) is 5.41 Å². The van der Waals surface area contributed by atoms with Gasteiger partial charge in [0.05, 0.1) is 0 Å². The summed E-state index contributed by atoms with van der Waals surface area (Å²) in [5.41, 5.74) is 0.946. The van der Waals surface area contributed by atoms with Crippen LogP contribution < -0.4 is 0 Å². The Hall–Kier alpha value is -0.700. The van der Waals surface area contributed by atoms with Crippen LogP contribution in [0.4, 0.5) is 0 Å². The molecule has 0 atom stereocenters. The lowest BCUT2D eigenvalue weighted by molar-refractivity contribution is -0.122. The molecule has 0 radical (unpaired) electrons. The maximum Gasteiger partial charge on any atom is 0.136 e. The topological polar surface area (TPSA) is 30.0 Å². The van der Waals surface area contributed by atoms with E-state index in [4.69, 9.17) is 0 Å². The Kier molecular flexibility index (Phi) is 2.43. The van der Waals surface area contributed by atoms with Crippen LogP contribution in [0.5, 0.6) is 0 Å². The number of hydrogen-bond donors (Lipinski definition) is 0. The quantitative estimate of drug-likeness (QED) is 0.830. The van der Waals surface area contributed by atoms with E-state index < -0.39 is 0 Å². The number of nitrogens with zero attached hydrogens (tertiary/aromatic N) is 1. The fourth-order valence-corrected chi connectivity index (χ4v) is 1.90. The Morgan fingerprint density at radius 2 is 2.29 bits per heavy atom. The zero-order chi connectivity index (χ0) is 10.2. The molecule has 0 unspecified atom stereocenters. The number of pyridine rings is 1. The van der Waals surface area contributed by atoms with Crippen LogP contribution >= 0.6 is 15.9 Å². The second-order valence-corrected chi connectivity index (χ2v) is 4.90. The maximum absolute atomic E-state index is 11.4. The first-order valence-corrected chi connectivity index (χ1v) is 5.53. The standard InChI is InChI=1S/C11H12BrNO/c1-8(14)11(4-5-11)6-10-3-2-9(12)7-13-10/h2-3,7H,4-6H2,1H3. The van der Waals surface area contributed by atoms with Gasteiger partial charge >= 0.3 is 0 Å². The molecule has 2 nitrogen and oxygen atoms in total. The third-order valence-electron chi connectivity index (χ3n) is 2.91. The maximum atomic E-state index is 11.4. The summed E-state index contributed by atoms with van der Waals surface area (Å²) in [4.78, 5) is 15.6. The Morgan fingerprint density at radius 1 is 1.57 bits per heavy atom. The molecule has 1 heterocycles. The van der Waals surface area contributed by atoms with Crippen LogP contribution in [0.2, 0.25) is 0 Å². The Bertz CT molecular complexity index is 354. The summed E-state index contributed by atoms with van der Waals surface area (Å²) >= 11 is 3.34. The monoisotopic (exact) mass is 253 g/mol. The lowest BCUT2D eigenvalue weighted by Crippen LogP contribution is -2.15. The van der Waals surface area contributed by atoms with Gasteiger partial charge < -0.3 is 0 Å². The van der Waals surface area contributed by atoms with E-state index in [2.05, 4.69) is 20.9 Å². The molecule has 0 spiro atoms. The van der Waals surface area contributed by atoms with Crippen molar-refractivity contribution in [2.24, 2.45) is 5.41 Å². The molecule has 74 valence electrons. The van der Waals surface area contributed by atoms with Crippen LogP contribution in [0.15, 0.2) is 22.8 Å². The number of rotatable bonds is 3. The molecule has 0 aliphatic heterocycles. The van der Waals surface area contributed by atoms with Crippen molar-refractivity contribution in [3.8, 4) is 0 Å². The molecular weight excluding hydrogens is 242 g/mol. The predicted molar refractivity (Wildman–Crippen MR) is 58.0 cm³/mol. The average Bonchev–Trinajstić information content (AvgIpc) is 2.90. The van der Waals surface area contributed by atoms with E-state index in [0.717, 1.165) is 29.4 Å². The van der Waals surface area contributed by atoms with E-state index >= 15 is 0 Å². The molecule has 1 aliphatic carbocycles. The number of halogens is 1. The van der Waals surface area contributed by atoms with Gasteiger partial charge in [0.2, 0.25) is 0 Å². The minimum atomic E-state index is -0.0686. The molecule has 0 aromatic carbocycles. The molecule has 0 amide bonds. The van der Waals surface area contributed by atoms with Gasteiger partial charge in [0.15, 0.2) is 0 Å². The van der Waals surface area contributed by atoms with Crippen LogP contribution in [0.3, 0.4) is 0 Å². The molecule has 3 heteroatoms. The fourth-order valence-electron chi connectivity index (χ4n) is 1.66. The van der Waals surface area contributed by atoms with Gasteiger partial charge in [-0.2, -0.15) is 0 Å². The number of hydrogen-bond acceptors (Lipinski definition) is 2. The summed E-state index contributed by atoms with van der Waals surface area (Å²) in [6, 6.07) is 3.95. The first-order valence-electron chi connectivity index (χ1n) is 4.74. The summed E-state index contributed by atoms with van der Waals surface area (Å²) in [5.74, 6) is 0.308. The van der Waals surface area contributed by atoms with Crippen molar-refractivity contribution in [3.05, 3.63) is 28.5 Å². The van der Waals surface area contributed by atoms with E-state index in [1.54, 1.807) is 13.1 Å². The number of carbonyl (C=O) groups excluding carboxylic acids is 1. The number of ketones is 1. The van der Waals surface area contributed by atoms with Crippen LogP contribution in [-0.2, 0) is 11.2 Å². The molecule has 1 fully saturated rings. The van der Waals surface area contributed by atoms with Gasteiger partial charge in [-0.1, -0.05) is 0 Å². The Labute approximate surface area is 91.9 Å². The molecule has 1 saturated carbocycles. The molecule has 1 aromatic heterocycles. The second kappa shape index (κ2) is 3.46. The summed E-state index contributed by atoms with van der Waals surface area (Å²) in [6.07, 6.45) is 4.64. The molecule has 14 heavy (non-hydrogen) atoms. The third-order valence-corrected chi connectivity index (χ3v) is 3.38. The van der Waals surface area contributed by atoms with E-state index in [1.807, 2.05) is 12.1 Å². The molecule has 1 aliphatic rings. The normalized spacial score (nSPS) is 17.9. The van der Waals surface area contributed by atoms with Crippen molar-refractivity contribution in [2.45, 2.75) is 26.2 Å². The average molecular weight is 254 g/mol. The lowest BCUT2D eigenvalue weighted by Gasteiger charge is -2.09. The molecule has 2 rings (SSSR count). The van der Waals surface area contributed by atoms with Gasteiger partial charge in [0.1, 0.15) is 5.78 Å². The van der Waals surface area contributed by atoms with Crippen molar-refractivity contribution in [2.75, 3.05) is 0 Å². The minimum Gasteiger partial charge on any atom is -0.299 e. The highest BCUT2D eigenvalue weighted by atomic mass is 79.9. The predicted octanol–water partition coefficient (Wildman–Crippen LogP) is 2.76. The Morgan fingerprint density at radius 3 is 2.71 bits per heavy atom. The van der Waals surface area contributed by atoms with Crippen molar-refractivity contribution < 1.29 is 4.79 Å². The van der Waals surface area contributed by atoms with Crippen LogP contribution in [0, 0.1) is 5.41 Å². The minimum absolute atomic E-state index is 0.0686. The smallest absolute Gasteiger partial charge is 0.136 e. The Balaban J connectivity index is 2.11. The summed E-state index contributed by atoms with van der Waals surface area (Å²) in [5, 5.41) is 0. The van der Waals surface area contributed by atoms with Gasteiger partial charge in [-0.05, 0) is 47.8 Å². The van der Waals surface area contributed by atoms with E-state index in [1.165, 1.54) is 0 Å². The highest BCUT2D eigenvalue weighted by Gasteiger charge is 2.47. The summed E-state index contributed by atoms with van der Waals surface area (Å²) in [6.45, 7) is 1.69. The van der Waals surface area contributed by atoms with Crippen molar-refractivity contribution >= 4 is 21.7 Å². The van der Waals surface area contributed by atoms with Crippen LogP contribution in [0.1, 0.15) is 25.5 Å². The molecule has 0 saturated heterocycles. The van der Waals surface area contributed by atoms with Crippen molar-refractivity contribution in [3.63, 3.8) is 0 Å². The highest BCUT2D eigenvalue weighted by Crippen LogP contribution is 2.48. The number of aromatic nitrogens is 1. The first kappa shape index (κ1) is 9.84. The van der Waals surface area contributed by atoms with Crippen molar-refractivity contribution in [1.29, 1.82) is 0 Å². The number of carbonyl (C=O) groups is 1. The van der Waals surface area contributed by atoms with Gasteiger partial charge in [-0.25, -0.2) is 0 Å². The third kappa shape index (κ3) is 1.87. The SMILES string of the molecule is CC(=O)C1(Cc2ccc(Br)cn2)CC1. The fraction of sp³-hybridized carbons (Fsp3) is 0.455. The molecular formula is C11H12BrNO. The lowest BCUT2D eigenvalue weighted by atomic mass is 9.96. The molecule has 0 N–H and O–H groups in total. The van der Waals surface area contributed by atoms with Gasteiger partial charge in [-0.15, -0.1) is 0 Å². The summed E-state index contributed by atoms with van der Waals surface area (Å²) in [7, 11) is 0.